The Kier molecular flexibility index (Phi) is 2.00. The van der Waals surface area contributed by atoms with E-state index < -0.39 is 0 Å². The van der Waals surface area contributed by atoms with Gasteiger partial charge in [0, 0.05) is 18.2 Å². The van der Waals surface area contributed by atoms with Gasteiger partial charge >= 0.3 is 0 Å². The van der Waals surface area contributed by atoms with Crippen LogP contribution < -0.4 is 5.73 Å². The molecule has 0 bridgehead atoms. The third-order valence-electron chi connectivity index (χ3n) is 2.65. The molecule has 5 nitrogen and oxygen atoms in total. The molecule has 0 saturated heterocycles. The number of hydrogen-bond donors (Lipinski definition) is 1. The van der Waals surface area contributed by atoms with E-state index in [4.69, 9.17) is 22.6 Å². The Hall–Kier alpha value is -2.19. The van der Waals surface area contributed by atoms with Crippen molar-refractivity contribution in [2.24, 2.45) is 15.7 Å². The van der Waals surface area contributed by atoms with E-state index in [1.165, 1.54) is 6.20 Å². The van der Waals surface area contributed by atoms with Crippen LogP contribution in [-0.4, -0.2) is 16.7 Å². The maximum Gasteiger partial charge on any atom is 0.220 e. The van der Waals surface area contributed by atoms with Gasteiger partial charge in [-0.25, -0.2) is 9.98 Å². The first kappa shape index (κ1) is 10.00. The summed E-state index contributed by atoms with van der Waals surface area (Å²) in [7, 11) is 0. The first-order chi connectivity index (χ1) is 8.19. The highest BCUT2D eigenvalue weighted by atomic mass is 35.5. The quantitative estimate of drug-likeness (QED) is 0.744. The second kappa shape index (κ2) is 3.40. The Balaban J connectivity index is 2.22. The third kappa shape index (κ3) is 1.42. The van der Waals surface area contributed by atoms with Gasteiger partial charge in [0.25, 0.3) is 0 Å². The summed E-state index contributed by atoms with van der Waals surface area (Å²) in [6.45, 7) is 0. The molecule has 0 spiro atoms. The van der Waals surface area contributed by atoms with Crippen LogP contribution in [0.4, 0.5) is 0 Å². The average Bonchev–Trinajstić information content (AvgIpc) is 2.67. The monoisotopic (exact) mass is 243 g/mol. The number of guanidine groups is 1. The van der Waals surface area contributed by atoms with Crippen LogP contribution in [0.1, 0.15) is 16.8 Å². The smallest absolute Gasteiger partial charge is 0.220 e. The third-order valence-corrected chi connectivity index (χ3v) is 3.06. The van der Waals surface area contributed by atoms with Gasteiger partial charge in [-0.3, -0.25) is 4.98 Å². The van der Waals surface area contributed by atoms with Crippen LogP contribution in [-0.2, 0) is 6.42 Å². The fourth-order valence-corrected chi connectivity index (χ4v) is 2.11. The second-order valence-electron chi connectivity index (χ2n) is 3.69. The minimum Gasteiger partial charge on any atom is -0.368 e. The minimum atomic E-state index is 0.246. The van der Waals surface area contributed by atoms with E-state index in [0.717, 1.165) is 17.0 Å². The fraction of sp³-hybridized carbons (Fsp3) is 0.0909. The zero-order valence-corrected chi connectivity index (χ0v) is 9.36. The van der Waals surface area contributed by atoms with Crippen LogP contribution in [0.2, 0.25) is 5.02 Å². The normalized spacial score (nSPS) is 16.4. The Bertz CT molecular complexity index is 663. The van der Waals surface area contributed by atoms with Crippen molar-refractivity contribution in [3.8, 4) is 6.07 Å². The van der Waals surface area contributed by atoms with Crippen molar-refractivity contribution >= 4 is 29.3 Å². The number of fused-ring (bicyclic) bond motifs is 2. The number of nitrogens with zero attached hydrogens (tertiary/aromatic N) is 4. The van der Waals surface area contributed by atoms with Gasteiger partial charge in [-0.1, -0.05) is 11.6 Å². The number of nitrogens with two attached hydrogens (primary N) is 1. The van der Waals surface area contributed by atoms with E-state index in [2.05, 4.69) is 15.0 Å². The van der Waals surface area contributed by atoms with Crippen LogP contribution in [0.25, 0.3) is 6.08 Å². The van der Waals surface area contributed by atoms with Crippen LogP contribution in [0, 0.1) is 11.3 Å². The molecule has 0 atom stereocenters. The van der Waals surface area contributed by atoms with Crippen LogP contribution in [0.3, 0.4) is 0 Å². The number of aromatic nitrogens is 1. The molecule has 3 rings (SSSR count). The lowest BCUT2D eigenvalue weighted by Crippen LogP contribution is -2.12. The molecule has 1 aliphatic heterocycles. The van der Waals surface area contributed by atoms with Gasteiger partial charge in [0.2, 0.25) is 5.96 Å². The molecule has 0 radical (unpaired) electrons. The van der Waals surface area contributed by atoms with Crippen LogP contribution >= 0.6 is 11.6 Å². The number of rotatable bonds is 0. The topological polar surface area (TPSA) is 87.4 Å². The molecule has 0 amide bonds. The lowest BCUT2D eigenvalue weighted by atomic mass is 9.98. The van der Waals surface area contributed by atoms with E-state index in [0.29, 0.717) is 22.7 Å². The summed E-state index contributed by atoms with van der Waals surface area (Å²) in [5, 5.41) is 9.29. The average molecular weight is 244 g/mol. The second-order valence-corrected chi connectivity index (χ2v) is 4.07. The Morgan fingerprint density at radius 2 is 2.24 bits per heavy atom. The molecule has 6 heteroatoms. The molecule has 1 aromatic rings. The van der Waals surface area contributed by atoms with Gasteiger partial charge in [0.1, 0.15) is 6.07 Å². The molecule has 2 N–H and O–H groups in total. The van der Waals surface area contributed by atoms with E-state index in [1.807, 2.05) is 6.07 Å². The first-order valence-electron chi connectivity index (χ1n) is 4.90. The van der Waals surface area contributed by atoms with Crippen molar-refractivity contribution in [2.75, 3.05) is 0 Å². The molecule has 0 unspecified atom stereocenters. The molecule has 0 saturated carbocycles. The molecule has 1 aliphatic carbocycles. The van der Waals surface area contributed by atoms with Crippen LogP contribution in [0.15, 0.2) is 21.9 Å². The Morgan fingerprint density at radius 3 is 3.00 bits per heavy atom. The first-order valence-corrected chi connectivity index (χ1v) is 5.28. The standard InChI is InChI=1S/C11H6ClN5/c12-10-5(3-13)4-15-7-2-9-8(1-6(7)10)16-11(14)17-9/h1,4H,2H2,(H2,14,16). The van der Waals surface area contributed by atoms with Crippen molar-refractivity contribution in [3.05, 3.63) is 33.7 Å². The molecular formula is C11H6ClN5. The lowest BCUT2D eigenvalue weighted by Gasteiger charge is -2.13. The van der Waals surface area contributed by atoms with Gasteiger partial charge in [-0.15, -0.1) is 0 Å². The van der Waals surface area contributed by atoms with Crippen molar-refractivity contribution in [3.63, 3.8) is 0 Å². The molecular weight excluding hydrogens is 238 g/mol. The number of hydrogen-bond acceptors (Lipinski definition) is 5. The number of halogens is 1. The summed E-state index contributed by atoms with van der Waals surface area (Å²) < 4.78 is 0. The van der Waals surface area contributed by atoms with Gasteiger partial charge in [0.05, 0.1) is 27.7 Å². The highest BCUT2D eigenvalue weighted by Crippen LogP contribution is 2.31. The summed E-state index contributed by atoms with van der Waals surface area (Å²) in [6.07, 6.45) is 3.78. The van der Waals surface area contributed by atoms with Gasteiger partial charge in [-0.2, -0.15) is 5.26 Å². The maximum absolute atomic E-state index is 8.88. The van der Waals surface area contributed by atoms with E-state index >= 15 is 0 Å². The Labute approximate surface area is 102 Å². The number of nitriles is 1. The molecule has 2 aliphatic rings. The van der Waals surface area contributed by atoms with Crippen LogP contribution in [0.5, 0.6) is 0 Å². The summed E-state index contributed by atoms with van der Waals surface area (Å²) in [5.74, 6) is 0.246. The van der Waals surface area contributed by atoms with E-state index in [1.54, 1.807) is 6.08 Å². The maximum atomic E-state index is 8.88. The predicted octanol–water partition coefficient (Wildman–Crippen LogP) is 1.27. The zero-order chi connectivity index (χ0) is 12.0. The Morgan fingerprint density at radius 1 is 1.41 bits per heavy atom. The number of aliphatic imine (C=N–C) groups is 2. The molecule has 1 aromatic heterocycles. The molecule has 0 aromatic carbocycles. The van der Waals surface area contributed by atoms with E-state index in [-0.39, 0.29) is 5.96 Å². The lowest BCUT2D eigenvalue weighted by molar-refractivity contribution is 1.11. The molecule has 0 fully saturated rings. The SMILES string of the molecule is N#Cc1cnc2c(c1Cl)C=C1N=C(N)N=C1C2. The van der Waals surface area contributed by atoms with Crippen molar-refractivity contribution in [1.82, 2.24) is 4.98 Å². The van der Waals surface area contributed by atoms with E-state index in [9.17, 15) is 0 Å². The summed E-state index contributed by atoms with van der Waals surface area (Å²) in [4.78, 5) is 12.4. The molecule has 2 heterocycles. The highest BCUT2D eigenvalue weighted by molar-refractivity contribution is 6.34. The van der Waals surface area contributed by atoms with Gasteiger partial charge < -0.3 is 5.73 Å². The largest absolute Gasteiger partial charge is 0.368 e. The van der Waals surface area contributed by atoms with Crippen molar-refractivity contribution < 1.29 is 0 Å². The highest BCUT2D eigenvalue weighted by Gasteiger charge is 2.24. The molecule has 82 valence electrons. The number of pyridine rings is 1. The predicted molar refractivity (Wildman–Crippen MR) is 64.7 cm³/mol. The fourth-order valence-electron chi connectivity index (χ4n) is 1.86. The zero-order valence-electron chi connectivity index (χ0n) is 8.61. The molecule has 17 heavy (non-hydrogen) atoms. The van der Waals surface area contributed by atoms with Gasteiger partial charge in [-0.05, 0) is 6.08 Å². The number of allylic oxidation sites excluding steroid dienone is 1. The summed E-state index contributed by atoms with van der Waals surface area (Å²) >= 11 is 6.13. The summed E-state index contributed by atoms with van der Waals surface area (Å²) in [5.41, 5.74) is 8.92. The van der Waals surface area contributed by atoms with Crippen molar-refractivity contribution in [1.29, 1.82) is 5.26 Å². The van der Waals surface area contributed by atoms with Gasteiger partial charge in [0.15, 0.2) is 0 Å². The summed E-state index contributed by atoms with van der Waals surface area (Å²) in [6, 6.07) is 2.00. The minimum absolute atomic E-state index is 0.246. The van der Waals surface area contributed by atoms with Crippen molar-refractivity contribution in [2.45, 2.75) is 6.42 Å².